The number of rotatable bonds is 5. The zero-order chi connectivity index (χ0) is 22.8. The van der Waals surface area contributed by atoms with Gasteiger partial charge in [-0.15, -0.1) is 0 Å². The highest BCUT2D eigenvalue weighted by atomic mass is 79.9. The van der Waals surface area contributed by atoms with Crippen LogP contribution in [0.1, 0.15) is 31.8 Å². The number of methoxy groups -OCH3 is 2. The molecule has 4 rings (SSSR count). The Morgan fingerprint density at radius 1 is 0.938 bits per heavy atom. The Labute approximate surface area is 193 Å². The number of fused-ring (bicyclic) bond motifs is 1. The quantitative estimate of drug-likeness (QED) is 0.260. The lowest BCUT2D eigenvalue weighted by Crippen LogP contribution is -2.12. The second kappa shape index (κ2) is 8.88. The lowest BCUT2D eigenvalue weighted by atomic mass is 10.1. The summed E-state index contributed by atoms with van der Waals surface area (Å²) in [6.07, 6.45) is 1.68. The molecule has 0 atom stereocenters. The number of Topliss-reactive ketones (excluding diaryl/α,β-unsaturated/α-hetero) is 1. The lowest BCUT2D eigenvalue weighted by molar-refractivity contribution is 0.0726. The van der Waals surface area contributed by atoms with E-state index in [0.29, 0.717) is 28.4 Å². The van der Waals surface area contributed by atoms with E-state index in [9.17, 15) is 9.59 Å². The predicted octanol–water partition coefficient (Wildman–Crippen LogP) is 5.61. The van der Waals surface area contributed by atoms with Crippen LogP contribution in [0.3, 0.4) is 0 Å². The highest BCUT2D eigenvalue weighted by molar-refractivity contribution is 9.10. The van der Waals surface area contributed by atoms with Gasteiger partial charge in [-0.25, -0.2) is 4.79 Å². The topological polar surface area (TPSA) is 71.1 Å². The van der Waals surface area contributed by atoms with Crippen molar-refractivity contribution in [2.24, 2.45) is 0 Å². The molecule has 0 spiro atoms. The van der Waals surface area contributed by atoms with Gasteiger partial charge in [0.1, 0.15) is 28.6 Å². The fraction of sp³-hybridized carbons (Fsp3) is 0.120. The van der Waals surface area contributed by atoms with Crippen LogP contribution in [-0.4, -0.2) is 26.0 Å². The number of ether oxygens (including phenoxy) is 4. The molecule has 0 unspecified atom stereocenters. The Morgan fingerprint density at radius 3 is 2.22 bits per heavy atom. The molecule has 0 aliphatic carbocycles. The number of carbonyl (C=O) groups is 2. The lowest BCUT2D eigenvalue weighted by Gasteiger charge is -2.14. The van der Waals surface area contributed by atoms with Crippen molar-refractivity contribution in [3.63, 3.8) is 0 Å². The Bertz CT molecular complexity index is 1220. The van der Waals surface area contributed by atoms with Crippen molar-refractivity contribution in [3.8, 4) is 23.0 Å². The number of halogens is 1. The Morgan fingerprint density at radius 2 is 1.59 bits per heavy atom. The van der Waals surface area contributed by atoms with Gasteiger partial charge in [-0.1, -0.05) is 34.1 Å². The molecule has 6 nitrogen and oxygen atoms in total. The summed E-state index contributed by atoms with van der Waals surface area (Å²) in [7, 11) is 2.93. The van der Waals surface area contributed by atoms with Crippen LogP contribution in [0.2, 0.25) is 0 Å². The van der Waals surface area contributed by atoms with Crippen LogP contribution in [0.15, 0.2) is 64.8 Å². The number of hydrogen-bond acceptors (Lipinski definition) is 6. The molecule has 0 fully saturated rings. The van der Waals surface area contributed by atoms with E-state index in [1.165, 1.54) is 14.2 Å². The van der Waals surface area contributed by atoms with E-state index >= 15 is 0 Å². The minimum Gasteiger partial charge on any atom is -0.496 e. The number of hydrogen-bond donors (Lipinski definition) is 0. The van der Waals surface area contributed by atoms with Crippen molar-refractivity contribution in [2.75, 3.05) is 14.2 Å². The van der Waals surface area contributed by atoms with E-state index in [0.717, 1.165) is 10.0 Å². The smallest absolute Gasteiger partial charge is 0.351 e. The van der Waals surface area contributed by atoms with Gasteiger partial charge in [-0.3, -0.25) is 4.79 Å². The average Bonchev–Trinajstić information content (AvgIpc) is 3.12. The van der Waals surface area contributed by atoms with Gasteiger partial charge in [0.15, 0.2) is 5.76 Å². The van der Waals surface area contributed by atoms with Gasteiger partial charge in [0.2, 0.25) is 5.78 Å². The molecule has 0 amide bonds. The SMILES string of the molecule is COc1cccc(OC)c1C(=O)Oc1ccc2c(c1C)O/C(=C\c1ccc(Br)cc1)C2=O. The first kappa shape index (κ1) is 21.6. The number of carbonyl (C=O) groups excluding carboxylic acids is 2. The summed E-state index contributed by atoms with van der Waals surface area (Å²) in [6, 6.07) is 15.7. The van der Waals surface area contributed by atoms with Crippen molar-refractivity contribution in [1.82, 2.24) is 0 Å². The monoisotopic (exact) mass is 494 g/mol. The molecular formula is C25H19BrO6. The van der Waals surface area contributed by atoms with Crippen molar-refractivity contribution < 1.29 is 28.5 Å². The van der Waals surface area contributed by atoms with E-state index in [1.807, 2.05) is 24.3 Å². The van der Waals surface area contributed by atoms with Crippen LogP contribution in [0.5, 0.6) is 23.0 Å². The first-order chi connectivity index (χ1) is 15.4. The Balaban J connectivity index is 1.64. The van der Waals surface area contributed by atoms with Crippen LogP contribution in [-0.2, 0) is 0 Å². The summed E-state index contributed by atoms with van der Waals surface area (Å²) in [5.74, 6) is 0.654. The first-order valence-electron chi connectivity index (χ1n) is 9.69. The number of allylic oxidation sites excluding steroid dienone is 1. The molecule has 0 bridgehead atoms. The van der Waals surface area contributed by atoms with Crippen molar-refractivity contribution in [3.05, 3.63) is 87.1 Å². The van der Waals surface area contributed by atoms with E-state index in [4.69, 9.17) is 18.9 Å². The van der Waals surface area contributed by atoms with Gasteiger partial charge in [-0.05, 0) is 55.0 Å². The van der Waals surface area contributed by atoms with Crippen LogP contribution in [0, 0.1) is 6.92 Å². The molecule has 1 heterocycles. The molecule has 7 heteroatoms. The molecule has 0 saturated heterocycles. The fourth-order valence-corrected chi connectivity index (χ4v) is 3.66. The maximum absolute atomic E-state index is 12.9. The molecule has 0 N–H and O–H groups in total. The summed E-state index contributed by atoms with van der Waals surface area (Å²) in [5.41, 5.74) is 1.96. The highest BCUT2D eigenvalue weighted by Crippen LogP contribution is 2.40. The Hall–Kier alpha value is -3.58. The maximum atomic E-state index is 12.9. The minimum absolute atomic E-state index is 0.171. The summed E-state index contributed by atoms with van der Waals surface area (Å²) in [5, 5.41) is 0. The molecular weight excluding hydrogens is 476 g/mol. The maximum Gasteiger partial charge on any atom is 0.351 e. The summed E-state index contributed by atoms with van der Waals surface area (Å²) < 4.78 is 23.0. The van der Waals surface area contributed by atoms with Gasteiger partial charge < -0.3 is 18.9 Å². The zero-order valence-electron chi connectivity index (χ0n) is 17.6. The van der Waals surface area contributed by atoms with Gasteiger partial charge in [0.05, 0.1) is 19.8 Å². The van der Waals surface area contributed by atoms with Crippen LogP contribution in [0.25, 0.3) is 6.08 Å². The molecule has 0 saturated carbocycles. The van der Waals surface area contributed by atoms with Crippen LogP contribution in [0.4, 0.5) is 0 Å². The van der Waals surface area contributed by atoms with Gasteiger partial charge in [0, 0.05) is 10.0 Å². The van der Waals surface area contributed by atoms with E-state index < -0.39 is 5.97 Å². The average molecular weight is 495 g/mol. The third kappa shape index (κ3) is 3.99. The molecule has 0 aromatic heterocycles. The molecule has 1 aliphatic rings. The molecule has 3 aromatic carbocycles. The zero-order valence-corrected chi connectivity index (χ0v) is 19.2. The third-order valence-corrected chi connectivity index (χ3v) is 5.57. The molecule has 0 radical (unpaired) electrons. The van der Waals surface area contributed by atoms with E-state index in [1.54, 1.807) is 43.3 Å². The van der Waals surface area contributed by atoms with Gasteiger partial charge in [-0.2, -0.15) is 0 Å². The largest absolute Gasteiger partial charge is 0.496 e. The van der Waals surface area contributed by atoms with Crippen molar-refractivity contribution >= 4 is 33.8 Å². The predicted molar refractivity (Wildman–Crippen MR) is 123 cm³/mol. The van der Waals surface area contributed by atoms with Gasteiger partial charge in [0.25, 0.3) is 0 Å². The molecule has 3 aromatic rings. The number of ketones is 1. The van der Waals surface area contributed by atoms with E-state index in [-0.39, 0.29) is 22.9 Å². The highest BCUT2D eigenvalue weighted by Gasteiger charge is 2.31. The summed E-state index contributed by atoms with van der Waals surface area (Å²) >= 11 is 3.39. The standard InChI is InChI=1S/C25H19BrO6/c1-14-18(32-25(28)22-19(29-2)5-4-6-20(22)30-3)12-11-17-23(27)21(31-24(14)17)13-15-7-9-16(26)10-8-15/h4-13H,1-3H3/b21-13-. The fourth-order valence-electron chi connectivity index (χ4n) is 3.39. The molecule has 1 aliphatic heterocycles. The first-order valence-corrected chi connectivity index (χ1v) is 10.5. The minimum atomic E-state index is -0.641. The van der Waals surface area contributed by atoms with Gasteiger partial charge >= 0.3 is 5.97 Å². The van der Waals surface area contributed by atoms with E-state index in [2.05, 4.69) is 15.9 Å². The third-order valence-electron chi connectivity index (χ3n) is 5.04. The number of benzene rings is 3. The summed E-state index contributed by atoms with van der Waals surface area (Å²) in [6.45, 7) is 1.73. The second-order valence-electron chi connectivity index (χ2n) is 6.98. The number of esters is 1. The molecule has 162 valence electrons. The van der Waals surface area contributed by atoms with Crippen molar-refractivity contribution in [2.45, 2.75) is 6.92 Å². The Kier molecular flexibility index (Phi) is 6.01. The summed E-state index contributed by atoms with van der Waals surface area (Å²) in [4.78, 5) is 25.7. The second-order valence-corrected chi connectivity index (χ2v) is 7.90. The normalized spacial score (nSPS) is 13.5. The van der Waals surface area contributed by atoms with Crippen molar-refractivity contribution in [1.29, 1.82) is 0 Å². The van der Waals surface area contributed by atoms with Crippen LogP contribution < -0.4 is 18.9 Å². The van der Waals surface area contributed by atoms with Crippen LogP contribution >= 0.6 is 15.9 Å². The molecule has 32 heavy (non-hydrogen) atoms.